The number of aliphatic carboxylic acids is 1. The summed E-state index contributed by atoms with van der Waals surface area (Å²) >= 11 is 1.25. The van der Waals surface area contributed by atoms with Crippen molar-refractivity contribution in [2.24, 2.45) is 0 Å². The van der Waals surface area contributed by atoms with Crippen molar-refractivity contribution in [3.63, 3.8) is 0 Å². The van der Waals surface area contributed by atoms with E-state index in [1.807, 2.05) is 19.9 Å². The third kappa shape index (κ3) is 3.73. The number of hydrogen-bond acceptors (Lipinski definition) is 4. The Morgan fingerprint density at radius 2 is 2.31 bits per heavy atom. The molecule has 1 aromatic rings. The molecule has 0 aliphatic rings. The fourth-order valence-corrected chi connectivity index (χ4v) is 2.00. The molecule has 1 rings (SSSR count). The first-order valence-electron chi connectivity index (χ1n) is 5.16. The Balaban J connectivity index is 2.72. The van der Waals surface area contributed by atoms with Crippen LogP contribution < -0.4 is 4.74 Å². The topological polar surface area (TPSA) is 59.4 Å². The minimum absolute atomic E-state index is 0.454. The van der Waals surface area contributed by atoms with Crippen molar-refractivity contribution in [2.75, 3.05) is 6.61 Å². The van der Waals surface area contributed by atoms with Gasteiger partial charge in [-0.15, -0.1) is 0 Å². The summed E-state index contributed by atoms with van der Waals surface area (Å²) in [6.45, 7) is 4.28. The Bertz CT molecular complexity index is 357. The molecule has 1 unspecified atom stereocenters. The second kappa shape index (κ2) is 6.37. The van der Waals surface area contributed by atoms with E-state index in [0.717, 1.165) is 0 Å². The third-order valence-electron chi connectivity index (χ3n) is 1.90. The SMILES string of the molecule is CCOc1cccc(SC(CC)C(=O)O)n1. The predicted molar refractivity (Wildman–Crippen MR) is 63.0 cm³/mol. The molecule has 88 valence electrons. The van der Waals surface area contributed by atoms with Crippen molar-refractivity contribution < 1.29 is 14.6 Å². The summed E-state index contributed by atoms with van der Waals surface area (Å²) < 4.78 is 5.25. The molecule has 4 nitrogen and oxygen atoms in total. The van der Waals surface area contributed by atoms with E-state index in [0.29, 0.717) is 23.9 Å². The Hall–Kier alpha value is -1.23. The molecule has 16 heavy (non-hydrogen) atoms. The lowest BCUT2D eigenvalue weighted by Gasteiger charge is -2.09. The van der Waals surface area contributed by atoms with Crippen LogP contribution in [0.15, 0.2) is 23.2 Å². The van der Waals surface area contributed by atoms with E-state index in [4.69, 9.17) is 9.84 Å². The Labute approximate surface area is 99.0 Å². The van der Waals surface area contributed by atoms with Gasteiger partial charge in [0.15, 0.2) is 0 Å². The molecule has 1 heterocycles. The van der Waals surface area contributed by atoms with Crippen LogP contribution in [-0.2, 0) is 4.79 Å². The third-order valence-corrected chi connectivity index (χ3v) is 3.19. The Morgan fingerprint density at radius 1 is 1.56 bits per heavy atom. The summed E-state index contributed by atoms with van der Waals surface area (Å²) in [4.78, 5) is 15.1. The van der Waals surface area contributed by atoms with Crippen molar-refractivity contribution >= 4 is 17.7 Å². The standard InChI is InChI=1S/C11H15NO3S/c1-3-8(11(13)14)16-10-7-5-6-9(12-10)15-4-2/h5-8H,3-4H2,1-2H3,(H,13,14). The van der Waals surface area contributed by atoms with E-state index in [1.165, 1.54) is 11.8 Å². The number of carboxylic acids is 1. The van der Waals surface area contributed by atoms with Gasteiger partial charge in [-0.1, -0.05) is 24.8 Å². The zero-order valence-corrected chi connectivity index (χ0v) is 10.2. The van der Waals surface area contributed by atoms with Crippen LogP contribution in [0, 0.1) is 0 Å². The van der Waals surface area contributed by atoms with Crippen LogP contribution >= 0.6 is 11.8 Å². The maximum atomic E-state index is 10.9. The molecule has 0 saturated carbocycles. The van der Waals surface area contributed by atoms with E-state index in [1.54, 1.807) is 12.1 Å². The molecule has 1 N–H and O–H groups in total. The van der Waals surface area contributed by atoms with Gasteiger partial charge in [0.2, 0.25) is 5.88 Å². The van der Waals surface area contributed by atoms with Crippen molar-refractivity contribution in [3.05, 3.63) is 18.2 Å². The van der Waals surface area contributed by atoms with E-state index < -0.39 is 11.2 Å². The van der Waals surface area contributed by atoms with Crippen molar-refractivity contribution in [3.8, 4) is 5.88 Å². The lowest BCUT2D eigenvalue weighted by atomic mass is 10.3. The van der Waals surface area contributed by atoms with Crippen LogP contribution in [0.5, 0.6) is 5.88 Å². The molecule has 0 bridgehead atoms. The number of aromatic nitrogens is 1. The van der Waals surface area contributed by atoms with Gasteiger partial charge < -0.3 is 9.84 Å². The molecule has 5 heteroatoms. The zero-order chi connectivity index (χ0) is 12.0. The van der Waals surface area contributed by atoms with Gasteiger partial charge in [0, 0.05) is 6.07 Å². The maximum Gasteiger partial charge on any atom is 0.317 e. The molecule has 0 amide bonds. The van der Waals surface area contributed by atoms with Crippen molar-refractivity contribution in [2.45, 2.75) is 30.5 Å². The molecule has 0 radical (unpaired) electrons. The number of carboxylic acid groups (broad SMARTS) is 1. The van der Waals surface area contributed by atoms with Crippen molar-refractivity contribution in [1.82, 2.24) is 4.98 Å². The van der Waals surface area contributed by atoms with Gasteiger partial charge in [0.25, 0.3) is 0 Å². The number of rotatable bonds is 6. The molecule has 0 saturated heterocycles. The summed E-state index contributed by atoms with van der Waals surface area (Å²) in [5.41, 5.74) is 0. The van der Waals surface area contributed by atoms with Gasteiger partial charge in [-0.25, -0.2) is 4.98 Å². The number of thioether (sulfide) groups is 1. The second-order valence-corrected chi connectivity index (χ2v) is 4.32. The van der Waals surface area contributed by atoms with Gasteiger partial charge in [0.05, 0.1) is 6.61 Å². The molecular formula is C11H15NO3S. The lowest BCUT2D eigenvalue weighted by Crippen LogP contribution is -2.14. The molecule has 0 spiro atoms. The van der Waals surface area contributed by atoms with Crippen LogP contribution in [0.25, 0.3) is 0 Å². The van der Waals surface area contributed by atoms with Crippen LogP contribution in [0.4, 0.5) is 0 Å². The summed E-state index contributed by atoms with van der Waals surface area (Å²) in [5.74, 6) is -0.274. The van der Waals surface area contributed by atoms with E-state index >= 15 is 0 Å². The van der Waals surface area contributed by atoms with E-state index in [2.05, 4.69) is 4.98 Å². The highest BCUT2D eigenvalue weighted by atomic mass is 32.2. The quantitative estimate of drug-likeness (QED) is 0.775. The smallest absolute Gasteiger partial charge is 0.317 e. The minimum atomic E-state index is -0.809. The average molecular weight is 241 g/mol. The fraction of sp³-hybridized carbons (Fsp3) is 0.455. The van der Waals surface area contributed by atoms with E-state index in [-0.39, 0.29) is 0 Å². The Kier molecular flexibility index (Phi) is 5.11. The Morgan fingerprint density at radius 3 is 2.88 bits per heavy atom. The monoisotopic (exact) mass is 241 g/mol. The van der Waals surface area contributed by atoms with Gasteiger partial charge in [-0.3, -0.25) is 4.79 Å². The number of ether oxygens (including phenoxy) is 1. The normalized spacial score (nSPS) is 12.1. The van der Waals surface area contributed by atoms with Crippen LogP contribution in [0.3, 0.4) is 0 Å². The van der Waals surface area contributed by atoms with Crippen LogP contribution in [0.2, 0.25) is 0 Å². The molecule has 0 aromatic carbocycles. The summed E-state index contributed by atoms with van der Waals surface area (Å²) in [6.07, 6.45) is 0.570. The number of carbonyl (C=O) groups is 1. The van der Waals surface area contributed by atoms with Crippen LogP contribution in [-0.4, -0.2) is 27.9 Å². The van der Waals surface area contributed by atoms with Crippen LogP contribution in [0.1, 0.15) is 20.3 Å². The molecule has 0 aliphatic heterocycles. The van der Waals surface area contributed by atoms with Gasteiger partial charge in [-0.2, -0.15) is 0 Å². The van der Waals surface area contributed by atoms with Gasteiger partial charge in [0.1, 0.15) is 10.3 Å². The highest BCUT2D eigenvalue weighted by Gasteiger charge is 2.17. The average Bonchev–Trinajstić information content (AvgIpc) is 2.26. The predicted octanol–water partition coefficient (Wildman–Crippen LogP) is 2.44. The minimum Gasteiger partial charge on any atom is -0.480 e. The lowest BCUT2D eigenvalue weighted by molar-refractivity contribution is -0.136. The highest BCUT2D eigenvalue weighted by Crippen LogP contribution is 2.25. The number of nitrogens with zero attached hydrogens (tertiary/aromatic N) is 1. The first-order chi connectivity index (χ1) is 7.67. The fourth-order valence-electron chi connectivity index (χ4n) is 1.14. The summed E-state index contributed by atoms with van der Waals surface area (Å²) in [5, 5.41) is 9.15. The molecular weight excluding hydrogens is 226 g/mol. The molecule has 1 atom stereocenters. The highest BCUT2D eigenvalue weighted by molar-refractivity contribution is 8.00. The summed E-state index contributed by atoms with van der Waals surface area (Å²) in [7, 11) is 0. The number of hydrogen-bond donors (Lipinski definition) is 1. The van der Waals surface area contributed by atoms with Crippen molar-refractivity contribution in [1.29, 1.82) is 0 Å². The molecule has 0 fully saturated rings. The number of pyridine rings is 1. The first kappa shape index (κ1) is 12.8. The first-order valence-corrected chi connectivity index (χ1v) is 6.04. The largest absolute Gasteiger partial charge is 0.480 e. The maximum absolute atomic E-state index is 10.9. The van der Waals surface area contributed by atoms with E-state index in [9.17, 15) is 4.79 Å². The molecule has 0 aliphatic carbocycles. The zero-order valence-electron chi connectivity index (χ0n) is 9.34. The van der Waals surface area contributed by atoms with Gasteiger partial charge in [-0.05, 0) is 19.4 Å². The molecule has 1 aromatic heterocycles. The van der Waals surface area contributed by atoms with Gasteiger partial charge >= 0.3 is 5.97 Å². The second-order valence-electron chi connectivity index (χ2n) is 3.10. The summed E-state index contributed by atoms with van der Waals surface area (Å²) in [6, 6.07) is 5.36.